The fourth-order valence-corrected chi connectivity index (χ4v) is 5.90. The Hall–Kier alpha value is -4.62. The van der Waals surface area contributed by atoms with Gasteiger partial charge in [-0.1, -0.05) is 51.1 Å². The molecule has 0 radical (unpaired) electrons. The lowest BCUT2D eigenvalue weighted by Crippen LogP contribution is -2.46. The van der Waals surface area contributed by atoms with Crippen molar-refractivity contribution in [3.63, 3.8) is 0 Å². The molecule has 2 amide bonds. The van der Waals surface area contributed by atoms with E-state index >= 15 is 0 Å². The molecule has 55 heavy (non-hydrogen) atoms. The van der Waals surface area contributed by atoms with Crippen LogP contribution < -0.4 is 21.7 Å². The van der Waals surface area contributed by atoms with Gasteiger partial charge in [-0.05, 0) is 96.2 Å². The van der Waals surface area contributed by atoms with Gasteiger partial charge in [0.05, 0.1) is 12.1 Å². The predicted molar refractivity (Wildman–Crippen MR) is 209 cm³/mol. The Labute approximate surface area is 324 Å². The molecule has 3 atom stereocenters. The smallest absolute Gasteiger partial charge is 0.329 e. The van der Waals surface area contributed by atoms with Crippen molar-refractivity contribution >= 4 is 23.8 Å². The monoisotopic (exact) mass is 767 g/mol. The number of esters is 2. The normalized spacial score (nSPS) is 13.7. The average Bonchev–Trinajstić information content (AvgIpc) is 3.46. The third-order valence-electron chi connectivity index (χ3n) is 8.40. The Morgan fingerprint density at radius 2 is 1.47 bits per heavy atom. The van der Waals surface area contributed by atoms with E-state index in [4.69, 9.17) is 15.2 Å². The molecule has 3 aromatic rings. The minimum atomic E-state index is -1.09. The number of carbonyl (C=O) groups is 4. The molecule has 0 spiro atoms. The van der Waals surface area contributed by atoms with E-state index in [-0.39, 0.29) is 49.2 Å². The average molecular weight is 768 g/mol. The van der Waals surface area contributed by atoms with Gasteiger partial charge in [0.1, 0.15) is 28.9 Å². The maximum atomic E-state index is 14.9. The Morgan fingerprint density at radius 3 is 2.09 bits per heavy atom. The summed E-state index contributed by atoms with van der Waals surface area (Å²) in [7, 11) is 0. The zero-order valence-electron chi connectivity index (χ0n) is 33.7. The van der Waals surface area contributed by atoms with E-state index in [2.05, 4.69) is 36.7 Å². The highest BCUT2D eigenvalue weighted by atomic mass is 19.1. The van der Waals surface area contributed by atoms with E-state index in [0.717, 1.165) is 23.4 Å². The largest absolute Gasteiger partial charge is 0.460 e. The van der Waals surface area contributed by atoms with E-state index < -0.39 is 58.7 Å². The summed E-state index contributed by atoms with van der Waals surface area (Å²) < 4.78 is 41.9. The zero-order valence-corrected chi connectivity index (χ0v) is 33.7. The van der Waals surface area contributed by atoms with Gasteiger partial charge in [-0.2, -0.15) is 0 Å². The second-order valence-electron chi connectivity index (χ2n) is 16.9. The van der Waals surface area contributed by atoms with Crippen molar-refractivity contribution in [3.05, 3.63) is 83.7 Å². The number of benzene rings is 2. The predicted octanol–water partition coefficient (Wildman–Crippen LogP) is 6.33. The molecule has 0 unspecified atom stereocenters. The minimum absolute atomic E-state index is 0.0185. The molecule has 0 saturated heterocycles. The number of nitrogens with zero attached hydrogens (tertiary/aromatic N) is 1. The van der Waals surface area contributed by atoms with Gasteiger partial charge in [-0.15, -0.1) is 0 Å². The van der Waals surface area contributed by atoms with Crippen LogP contribution in [0.5, 0.6) is 0 Å². The lowest BCUT2D eigenvalue weighted by Gasteiger charge is -2.33. The quantitative estimate of drug-likeness (QED) is 0.116. The Bertz CT molecular complexity index is 1760. The molecule has 0 aliphatic rings. The van der Waals surface area contributed by atoms with Crippen molar-refractivity contribution in [2.75, 3.05) is 13.1 Å². The summed E-state index contributed by atoms with van der Waals surface area (Å²) >= 11 is 0. The maximum absolute atomic E-state index is 14.9. The number of nitrogens with two attached hydrogens (primary N) is 1. The van der Waals surface area contributed by atoms with Crippen LogP contribution in [0, 0.1) is 17.0 Å². The molecule has 0 aliphatic carbocycles. The van der Waals surface area contributed by atoms with E-state index in [9.17, 15) is 28.0 Å². The first-order chi connectivity index (χ1) is 25.5. The lowest BCUT2D eigenvalue weighted by molar-refractivity contribution is -0.160. The first-order valence-corrected chi connectivity index (χ1v) is 18.7. The second-order valence-corrected chi connectivity index (χ2v) is 16.9. The van der Waals surface area contributed by atoms with Crippen molar-refractivity contribution in [2.24, 2.45) is 11.1 Å². The maximum Gasteiger partial charge on any atom is 0.329 e. The summed E-state index contributed by atoms with van der Waals surface area (Å²) in [4.78, 5) is 50.9. The van der Waals surface area contributed by atoms with Crippen LogP contribution in [0.2, 0.25) is 0 Å². The summed E-state index contributed by atoms with van der Waals surface area (Å²) in [6.07, 6.45) is 1.83. The molecule has 3 rings (SSSR count). The standard InChI is InChI=1S/C42H59F2N5O6/c1-40(2,3)37(34-23-28(30-24-29(43)15-16-31(30)44)26-49(34)25-27-13-11-10-12-14-27)46-21-19-32(45)38(52)47-22-20-35(50)48-33(39(53)55-42(7,8)9)17-18-36(51)54-41(4,5)6/h10-16,23-24,26,32-33,37,46H,17-22,25,45H2,1-9H3,(H,47,52)(H,48,50)/t32-,33+,37-/m0/s1. The van der Waals surface area contributed by atoms with Crippen LogP contribution in [0.1, 0.15) is 105 Å². The van der Waals surface area contributed by atoms with Crippen LogP contribution in [-0.4, -0.2) is 64.7 Å². The molecule has 0 fully saturated rings. The Morgan fingerprint density at radius 1 is 0.818 bits per heavy atom. The number of aromatic nitrogens is 1. The van der Waals surface area contributed by atoms with Crippen LogP contribution in [0.25, 0.3) is 11.1 Å². The molecule has 2 aromatic carbocycles. The fourth-order valence-electron chi connectivity index (χ4n) is 5.90. The molecule has 5 N–H and O–H groups in total. The van der Waals surface area contributed by atoms with E-state index in [1.807, 2.05) is 47.2 Å². The molecule has 1 aromatic heterocycles. The summed E-state index contributed by atoms with van der Waals surface area (Å²) in [5.41, 5.74) is 7.01. The number of rotatable bonds is 17. The Balaban J connectivity index is 1.62. The molecule has 0 saturated carbocycles. The van der Waals surface area contributed by atoms with Crippen LogP contribution in [0.3, 0.4) is 0 Å². The molecule has 0 aliphatic heterocycles. The number of carbonyl (C=O) groups excluding carboxylic acids is 4. The van der Waals surface area contributed by atoms with Crippen molar-refractivity contribution in [2.45, 2.75) is 124 Å². The molecular weight excluding hydrogens is 708 g/mol. The van der Waals surface area contributed by atoms with Crippen LogP contribution in [0.15, 0.2) is 60.8 Å². The highest BCUT2D eigenvalue weighted by Gasteiger charge is 2.31. The summed E-state index contributed by atoms with van der Waals surface area (Å²) in [5, 5.41) is 8.85. The number of halogens is 2. The molecule has 302 valence electrons. The number of hydrogen-bond acceptors (Lipinski definition) is 8. The van der Waals surface area contributed by atoms with Gasteiger partial charge >= 0.3 is 11.9 Å². The van der Waals surface area contributed by atoms with Gasteiger partial charge in [0.2, 0.25) is 11.8 Å². The molecule has 11 nitrogen and oxygen atoms in total. The number of nitrogens with one attached hydrogen (secondary N) is 3. The molecule has 13 heteroatoms. The number of amides is 2. The second kappa shape index (κ2) is 19.3. The summed E-state index contributed by atoms with van der Waals surface area (Å²) in [6.45, 7) is 17.3. The van der Waals surface area contributed by atoms with Gasteiger partial charge in [0.15, 0.2) is 0 Å². The van der Waals surface area contributed by atoms with E-state index in [1.165, 1.54) is 6.07 Å². The first kappa shape index (κ1) is 44.8. The Kier molecular flexibility index (Phi) is 15.7. The number of ether oxygens (including phenoxy) is 2. The summed E-state index contributed by atoms with van der Waals surface area (Å²) in [6, 6.07) is 12.8. The van der Waals surface area contributed by atoms with Gasteiger partial charge in [0.25, 0.3) is 0 Å². The molecule has 1 heterocycles. The van der Waals surface area contributed by atoms with E-state index in [0.29, 0.717) is 18.7 Å². The lowest BCUT2D eigenvalue weighted by atomic mass is 9.84. The fraction of sp³-hybridized carbons (Fsp3) is 0.524. The minimum Gasteiger partial charge on any atom is -0.460 e. The topological polar surface area (TPSA) is 154 Å². The van der Waals surface area contributed by atoms with Crippen LogP contribution in [0.4, 0.5) is 8.78 Å². The third-order valence-corrected chi connectivity index (χ3v) is 8.40. The SMILES string of the molecule is CC(C)(C)OC(=O)CC[C@@H](NC(=O)CCNC(=O)[C@@H](N)CCN[C@@H](c1cc(-c2cc(F)ccc2F)cn1Cc1ccccc1)C(C)(C)C)C(=O)OC(C)(C)C. The van der Waals surface area contributed by atoms with Gasteiger partial charge in [-0.25, -0.2) is 13.6 Å². The zero-order chi connectivity index (χ0) is 41.1. The van der Waals surface area contributed by atoms with Gasteiger partial charge < -0.3 is 35.7 Å². The van der Waals surface area contributed by atoms with Crippen molar-refractivity contribution in [1.82, 2.24) is 20.5 Å². The molecular formula is C42H59F2N5O6. The third kappa shape index (κ3) is 15.2. The molecule has 0 bridgehead atoms. The van der Waals surface area contributed by atoms with E-state index in [1.54, 1.807) is 41.5 Å². The van der Waals surface area contributed by atoms with Gasteiger partial charge in [0, 0.05) is 48.9 Å². The first-order valence-electron chi connectivity index (χ1n) is 18.7. The highest BCUT2D eigenvalue weighted by molar-refractivity contribution is 5.86. The number of hydrogen-bond donors (Lipinski definition) is 4. The van der Waals surface area contributed by atoms with Crippen LogP contribution in [-0.2, 0) is 35.2 Å². The van der Waals surface area contributed by atoms with Crippen molar-refractivity contribution < 1.29 is 37.4 Å². The van der Waals surface area contributed by atoms with Crippen molar-refractivity contribution in [3.8, 4) is 11.1 Å². The highest BCUT2D eigenvalue weighted by Crippen LogP contribution is 2.37. The van der Waals surface area contributed by atoms with Crippen LogP contribution >= 0.6 is 0 Å². The van der Waals surface area contributed by atoms with Gasteiger partial charge in [-0.3, -0.25) is 14.4 Å². The summed E-state index contributed by atoms with van der Waals surface area (Å²) in [5.74, 6) is -3.22. The van der Waals surface area contributed by atoms with Crippen molar-refractivity contribution in [1.29, 1.82) is 0 Å².